The molecule has 1 unspecified atom stereocenters. The van der Waals surface area contributed by atoms with E-state index in [0.717, 1.165) is 14.8 Å². The molecule has 19 heavy (non-hydrogen) atoms. The SMILES string of the molecule is COCCn1ncc(Cl)c1C(N)c1ccccc1I. The quantitative estimate of drug-likeness (QED) is 0.798. The fourth-order valence-electron chi connectivity index (χ4n) is 1.91. The van der Waals surface area contributed by atoms with Gasteiger partial charge in [-0.2, -0.15) is 5.10 Å². The van der Waals surface area contributed by atoms with Crippen molar-refractivity contribution in [3.05, 3.63) is 50.3 Å². The molecule has 1 aromatic carbocycles. The highest BCUT2D eigenvalue weighted by atomic mass is 127. The van der Waals surface area contributed by atoms with Gasteiger partial charge in [0.2, 0.25) is 0 Å². The Morgan fingerprint density at radius 3 is 2.89 bits per heavy atom. The number of rotatable bonds is 5. The molecule has 2 aromatic rings. The average Bonchev–Trinajstić information content (AvgIpc) is 2.77. The van der Waals surface area contributed by atoms with E-state index >= 15 is 0 Å². The van der Waals surface area contributed by atoms with Crippen LogP contribution in [0.3, 0.4) is 0 Å². The van der Waals surface area contributed by atoms with Gasteiger partial charge >= 0.3 is 0 Å². The molecule has 1 heterocycles. The summed E-state index contributed by atoms with van der Waals surface area (Å²) in [5.74, 6) is 0. The van der Waals surface area contributed by atoms with Gasteiger partial charge in [-0.3, -0.25) is 4.68 Å². The molecule has 0 bridgehead atoms. The summed E-state index contributed by atoms with van der Waals surface area (Å²) in [7, 11) is 1.66. The molecule has 0 spiro atoms. The lowest BCUT2D eigenvalue weighted by molar-refractivity contribution is 0.182. The highest BCUT2D eigenvalue weighted by Crippen LogP contribution is 2.28. The van der Waals surface area contributed by atoms with Gasteiger partial charge in [-0.1, -0.05) is 29.8 Å². The van der Waals surface area contributed by atoms with Crippen LogP contribution in [0.25, 0.3) is 0 Å². The summed E-state index contributed by atoms with van der Waals surface area (Å²) in [4.78, 5) is 0. The molecule has 6 heteroatoms. The number of halogens is 2. The molecule has 0 aliphatic carbocycles. The monoisotopic (exact) mass is 391 g/mol. The Kier molecular flexibility index (Phi) is 5.20. The molecule has 1 aromatic heterocycles. The van der Waals surface area contributed by atoms with Crippen LogP contribution in [-0.2, 0) is 11.3 Å². The predicted molar refractivity (Wildman–Crippen MR) is 84.3 cm³/mol. The first kappa shape index (κ1) is 14.8. The van der Waals surface area contributed by atoms with E-state index in [1.54, 1.807) is 18.0 Å². The van der Waals surface area contributed by atoms with Crippen LogP contribution in [0.1, 0.15) is 17.3 Å². The van der Waals surface area contributed by atoms with Crippen LogP contribution in [-0.4, -0.2) is 23.5 Å². The number of hydrogen-bond donors (Lipinski definition) is 1. The number of benzene rings is 1. The summed E-state index contributed by atoms with van der Waals surface area (Å²) in [6, 6.07) is 7.71. The maximum absolute atomic E-state index is 6.34. The first-order valence-corrected chi connectivity index (χ1v) is 7.31. The second-order valence-electron chi connectivity index (χ2n) is 4.09. The van der Waals surface area contributed by atoms with Gasteiger partial charge in [0.1, 0.15) is 0 Å². The average molecular weight is 392 g/mol. The third kappa shape index (κ3) is 3.28. The fourth-order valence-corrected chi connectivity index (χ4v) is 2.89. The van der Waals surface area contributed by atoms with E-state index in [9.17, 15) is 0 Å². The Morgan fingerprint density at radius 1 is 1.47 bits per heavy atom. The van der Waals surface area contributed by atoms with Crippen LogP contribution < -0.4 is 5.73 Å². The number of methoxy groups -OCH3 is 1. The lowest BCUT2D eigenvalue weighted by atomic mass is 10.0. The zero-order valence-corrected chi connectivity index (χ0v) is 13.4. The second kappa shape index (κ2) is 6.69. The first-order valence-electron chi connectivity index (χ1n) is 5.85. The molecule has 4 nitrogen and oxygen atoms in total. The van der Waals surface area contributed by atoms with E-state index < -0.39 is 0 Å². The molecule has 0 saturated carbocycles. The summed E-state index contributed by atoms with van der Waals surface area (Å²) in [6.07, 6.45) is 1.63. The van der Waals surface area contributed by atoms with E-state index in [0.29, 0.717) is 18.2 Å². The van der Waals surface area contributed by atoms with Crippen LogP contribution in [0.4, 0.5) is 0 Å². The fraction of sp³-hybridized carbons (Fsp3) is 0.308. The van der Waals surface area contributed by atoms with Crippen molar-refractivity contribution in [3.8, 4) is 0 Å². The summed E-state index contributed by atoms with van der Waals surface area (Å²) in [5, 5.41) is 4.84. The van der Waals surface area contributed by atoms with E-state index in [4.69, 9.17) is 22.1 Å². The van der Waals surface area contributed by atoms with Gasteiger partial charge in [0, 0.05) is 10.7 Å². The Balaban J connectivity index is 2.35. The van der Waals surface area contributed by atoms with Gasteiger partial charge in [0.15, 0.2) is 0 Å². The Labute approximate surface area is 131 Å². The van der Waals surface area contributed by atoms with Gasteiger partial charge in [0.25, 0.3) is 0 Å². The van der Waals surface area contributed by atoms with Crippen molar-refractivity contribution in [1.29, 1.82) is 0 Å². The normalized spacial score (nSPS) is 12.6. The van der Waals surface area contributed by atoms with Crippen molar-refractivity contribution in [3.63, 3.8) is 0 Å². The van der Waals surface area contributed by atoms with E-state index in [2.05, 4.69) is 27.7 Å². The highest BCUT2D eigenvalue weighted by Gasteiger charge is 2.20. The molecular weight excluding hydrogens is 377 g/mol. The summed E-state index contributed by atoms with van der Waals surface area (Å²) < 4.78 is 7.99. The van der Waals surface area contributed by atoms with Gasteiger partial charge in [-0.05, 0) is 34.2 Å². The number of hydrogen-bond acceptors (Lipinski definition) is 3. The third-order valence-corrected chi connectivity index (χ3v) is 4.15. The number of nitrogens with zero attached hydrogens (tertiary/aromatic N) is 2. The second-order valence-corrected chi connectivity index (χ2v) is 5.66. The zero-order chi connectivity index (χ0) is 13.8. The van der Waals surface area contributed by atoms with Crippen LogP contribution in [0.2, 0.25) is 5.02 Å². The standard InChI is InChI=1S/C13H15ClIN3O/c1-19-7-6-18-13(10(14)8-17-18)12(16)9-4-2-3-5-11(9)15/h2-5,8,12H,6-7,16H2,1H3. The predicted octanol–water partition coefficient (Wildman–Crippen LogP) is 2.84. The smallest absolute Gasteiger partial charge is 0.0837 e. The maximum Gasteiger partial charge on any atom is 0.0837 e. The van der Waals surface area contributed by atoms with Crippen molar-refractivity contribution in [2.24, 2.45) is 5.73 Å². The Bertz CT molecular complexity index is 559. The minimum atomic E-state index is -0.292. The van der Waals surface area contributed by atoms with Crippen LogP contribution in [0.5, 0.6) is 0 Å². The molecule has 102 valence electrons. The number of aromatic nitrogens is 2. The van der Waals surface area contributed by atoms with E-state index in [-0.39, 0.29) is 6.04 Å². The van der Waals surface area contributed by atoms with E-state index in [1.807, 2.05) is 24.3 Å². The van der Waals surface area contributed by atoms with Gasteiger partial charge in [-0.15, -0.1) is 0 Å². The van der Waals surface area contributed by atoms with Crippen LogP contribution in [0, 0.1) is 3.57 Å². The lowest BCUT2D eigenvalue weighted by Crippen LogP contribution is -2.20. The van der Waals surface area contributed by atoms with Crippen molar-refractivity contribution in [1.82, 2.24) is 9.78 Å². The van der Waals surface area contributed by atoms with Crippen molar-refractivity contribution in [2.45, 2.75) is 12.6 Å². The van der Waals surface area contributed by atoms with Crippen LogP contribution >= 0.6 is 34.2 Å². The molecule has 0 amide bonds. The van der Waals surface area contributed by atoms with Gasteiger partial charge < -0.3 is 10.5 Å². The van der Waals surface area contributed by atoms with Crippen LogP contribution in [0.15, 0.2) is 30.5 Å². The van der Waals surface area contributed by atoms with Crippen molar-refractivity contribution in [2.75, 3.05) is 13.7 Å². The Hall–Kier alpha value is -0.630. The minimum Gasteiger partial charge on any atom is -0.383 e. The molecule has 2 N–H and O–H groups in total. The molecule has 0 aliphatic heterocycles. The third-order valence-electron chi connectivity index (χ3n) is 2.88. The van der Waals surface area contributed by atoms with E-state index in [1.165, 1.54) is 0 Å². The first-order chi connectivity index (χ1) is 9.15. The molecule has 0 saturated heterocycles. The minimum absolute atomic E-state index is 0.292. The lowest BCUT2D eigenvalue weighted by Gasteiger charge is -2.16. The van der Waals surface area contributed by atoms with Crippen molar-refractivity contribution >= 4 is 34.2 Å². The van der Waals surface area contributed by atoms with Gasteiger partial charge in [-0.25, -0.2) is 0 Å². The molecule has 0 fully saturated rings. The Morgan fingerprint density at radius 2 is 2.21 bits per heavy atom. The zero-order valence-electron chi connectivity index (χ0n) is 10.5. The van der Waals surface area contributed by atoms with Crippen molar-refractivity contribution < 1.29 is 4.74 Å². The molecular formula is C13H15ClIN3O. The topological polar surface area (TPSA) is 53.1 Å². The molecule has 2 rings (SSSR count). The largest absolute Gasteiger partial charge is 0.383 e. The molecule has 0 aliphatic rings. The maximum atomic E-state index is 6.34. The summed E-state index contributed by atoms with van der Waals surface area (Å²) >= 11 is 8.49. The highest BCUT2D eigenvalue weighted by molar-refractivity contribution is 14.1. The molecule has 1 atom stereocenters. The number of nitrogens with two attached hydrogens (primary N) is 1. The van der Waals surface area contributed by atoms with Gasteiger partial charge in [0.05, 0.1) is 36.1 Å². The summed E-state index contributed by atoms with van der Waals surface area (Å²) in [6.45, 7) is 1.21. The number of ether oxygens (including phenoxy) is 1. The molecule has 0 radical (unpaired) electrons. The summed E-state index contributed by atoms with van der Waals surface area (Å²) in [5.41, 5.74) is 8.21.